The Balaban J connectivity index is 2.69. The van der Waals surface area contributed by atoms with Crippen molar-refractivity contribution in [2.24, 2.45) is 0 Å². The van der Waals surface area contributed by atoms with Crippen molar-refractivity contribution in [1.82, 2.24) is 5.32 Å². The van der Waals surface area contributed by atoms with Crippen molar-refractivity contribution in [2.45, 2.75) is 13.1 Å². The number of rotatable bonds is 2. The number of hydrogen-bond acceptors (Lipinski definition) is 3. The van der Waals surface area contributed by atoms with Gasteiger partial charge in [0.2, 0.25) is 0 Å². The molecule has 0 radical (unpaired) electrons. The van der Waals surface area contributed by atoms with E-state index < -0.39 is 23.6 Å². The summed E-state index contributed by atoms with van der Waals surface area (Å²) in [6.45, 7) is 1.33. The molecule has 1 amide bonds. The predicted octanol–water partition coefficient (Wildman–Crippen LogP) is 1.74. The van der Waals surface area contributed by atoms with E-state index in [1.165, 1.54) is 18.2 Å². The monoisotopic (exact) mass is 299 g/mol. The lowest BCUT2D eigenvalue weighted by atomic mass is 10.1. The average Bonchev–Trinajstić information content (AvgIpc) is 2.43. The van der Waals surface area contributed by atoms with Crippen LogP contribution in [0.4, 0.5) is 13.2 Å². The molecule has 0 saturated carbocycles. The van der Waals surface area contributed by atoms with Gasteiger partial charge in [-0.1, -0.05) is 24.0 Å². The van der Waals surface area contributed by atoms with Crippen LogP contribution < -0.4 is 5.32 Å². The van der Waals surface area contributed by atoms with Crippen molar-refractivity contribution in [2.75, 3.05) is 13.2 Å². The minimum Gasteiger partial charge on any atom is -0.459 e. The van der Waals surface area contributed by atoms with Crippen molar-refractivity contribution in [1.29, 1.82) is 0 Å². The van der Waals surface area contributed by atoms with Crippen molar-refractivity contribution < 1.29 is 27.5 Å². The average molecular weight is 299 g/mol. The second kappa shape index (κ2) is 7.33. The maximum Gasteiger partial charge on any atom is 0.417 e. The fourth-order valence-corrected chi connectivity index (χ4v) is 1.37. The van der Waals surface area contributed by atoms with Gasteiger partial charge in [-0.25, -0.2) is 4.79 Å². The molecule has 0 atom stereocenters. The number of carbonyl (C=O) groups is 2. The molecule has 0 spiro atoms. The van der Waals surface area contributed by atoms with E-state index in [2.05, 4.69) is 21.9 Å². The predicted molar refractivity (Wildman–Crippen MR) is 68.0 cm³/mol. The normalized spacial score (nSPS) is 10.3. The third kappa shape index (κ3) is 5.18. The molecule has 1 N–H and O–H groups in total. The van der Waals surface area contributed by atoms with Gasteiger partial charge in [0.1, 0.15) is 0 Å². The number of benzene rings is 1. The van der Waals surface area contributed by atoms with E-state index in [-0.39, 0.29) is 18.7 Å². The van der Waals surface area contributed by atoms with Crippen molar-refractivity contribution >= 4 is 11.9 Å². The Kier molecular flexibility index (Phi) is 5.79. The molecule has 1 rings (SSSR count). The molecule has 112 valence electrons. The summed E-state index contributed by atoms with van der Waals surface area (Å²) in [5, 5.41) is 2.13. The fourth-order valence-electron chi connectivity index (χ4n) is 1.37. The summed E-state index contributed by atoms with van der Waals surface area (Å²) in [5.41, 5.74) is -1.05. The van der Waals surface area contributed by atoms with Crippen LogP contribution in [-0.4, -0.2) is 25.0 Å². The number of nitrogens with one attached hydrogen (secondary N) is 1. The van der Waals surface area contributed by atoms with E-state index in [1.54, 1.807) is 6.92 Å². The zero-order chi connectivity index (χ0) is 15.9. The summed E-state index contributed by atoms with van der Waals surface area (Å²) in [5.74, 6) is 2.61. The third-order valence-electron chi connectivity index (χ3n) is 2.25. The minimum absolute atomic E-state index is 0.0525. The fraction of sp³-hybridized carbons (Fsp3) is 0.286. The van der Waals surface area contributed by atoms with Crippen molar-refractivity contribution in [3.63, 3.8) is 0 Å². The third-order valence-corrected chi connectivity index (χ3v) is 2.25. The summed E-state index contributed by atoms with van der Waals surface area (Å²) in [7, 11) is 0. The molecule has 0 aliphatic heterocycles. The number of alkyl halides is 3. The first-order valence-corrected chi connectivity index (χ1v) is 5.96. The standard InChI is InChI=1S/C14H12F3NO3/c1-2-21-13(20)12(19)18-9-5-7-10-6-3-4-8-11(10)14(15,16)17/h3-4,6,8H,2,9H2,1H3,(H,18,19). The first kappa shape index (κ1) is 16.6. The molecular formula is C14H12F3NO3. The number of hydrogen-bond donors (Lipinski definition) is 1. The van der Waals surface area contributed by atoms with Crippen LogP contribution in [0.15, 0.2) is 24.3 Å². The van der Waals surface area contributed by atoms with Crippen LogP contribution in [0, 0.1) is 11.8 Å². The smallest absolute Gasteiger partial charge is 0.417 e. The van der Waals surface area contributed by atoms with Crippen LogP contribution in [0.5, 0.6) is 0 Å². The Morgan fingerprint density at radius 2 is 1.95 bits per heavy atom. The molecule has 7 heteroatoms. The van der Waals surface area contributed by atoms with E-state index in [9.17, 15) is 22.8 Å². The quantitative estimate of drug-likeness (QED) is 0.514. The van der Waals surface area contributed by atoms with Crippen molar-refractivity contribution in [3.05, 3.63) is 35.4 Å². The second-order valence-electron chi connectivity index (χ2n) is 3.75. The number of ether oxygens (including phenoxy) is 1. The highest BCUT2D eigenvalue weighted by Crippen LogP contribution is 2.31. The van der Waals surface area contributed by atoms with E-state index in [0.29, 0.717) is 0 Å². The molecule has 0 heterocycles. The molecule has 0 aromatic heterocycles. The zero-order valence-corrected chi connectivity index (χ0v) is 11.1. The molecule has 1 aromatic carbocycles. The van der Waals surface area contributed by atoms with Crippen LogP contribution in [0.1, 0.15) is 18.1 Å². The summed E-state index contributed by atoms with van der Waals surface area (Å²) < 4.78 is 42.5. The molecule has 0 bridgehead atoms. The van der Waals surface area contributed by atoms with Gasteiger partial charge < -0.3 is 10.1 Å². The van der Waals surface area contributed by atoms with Gasteiger partial charge in [-0.2, -0.15) is 13.2 Å². The highest BCUT2D eigenvalue weighted by molar-refractivity contribution is 6.32. The highest BCUT2D eigenvalue weighted by atomic mass is 19.4. The van der Waals surface area contributed by atoms with E-state index in [1.807, 2.05) is 0 Å². The Hall–Kier alpha value is -2.49. The van der Waals surface area contributed by atoms with Crippen molar-refractivity contribution in [3.8, 4) is 11.8 Å². The molecule has 0 fully saturated rings. The molecule has 0 unspecified atom stereocenters. The Morgan fingerprint density at radius 3 is 2.57 bits per heavy atom. The first-order valence-electron chi connectivity index (χ1n) is 5.96. The van der Waals surface area contributed by atoms with Crippen LogP contribution >= 0.6 is 0 Å². The van der Waals surface area contributed by atoms with Gasteiger partial charge >= 0.3 is 18.1 Å². The zero-order valence-electron chi connectivity index (χ0n) is 11.1. The summed E-state index contributed by atoms with van der Waals surface area (Å²) >= 11 is 0. The van der Waals surface area contributed by atoms with Gasteiger partial charge in [-0.3, -0.25) is 4.79 Å². The molecule has 0 aliphatic carbocycles. The minimum atomic E-state index is -4.50. The maximum atomic E-state index is 12.7. The summed E-state index contributed by atoms with van der Waals surface area (Å²) in [6, 6.07) is 4.83. The number of amides is 1. The maximum absolute atomic E-state index is 12.7. The SMILES string of the molecule is CCOC(=O)C(=O)NCC#Cc1ccccc1C(F)(F)F. The Bertz CT molecular complexity index is 585. The highest BCUT2D eigenvalue weighted by Gasteiger charge is 2.32. The van der Waals surface area contributed by atoms with Gasteiger partial charge in [0.05, 0.1) is 18.7 Å². The molecule has 21 heavy (non-hydrogen) atoms. The van der Waals surface area contributed by atoms with Gasteiger partial charge in [0.15, 0.2) is 0 Å². The van der Waals surface area contributed by atoms with Crippen LogP contribution in [0.2, 0.25) is 0 Å². The largest absolute Gasteiger partial charge is 0.459 e. The van der Waals surface area contributed by atoms with E-state index in [4.69, 9.17) is 0 Å². The Labute approximate surface area is 119 Å². The van der Waals surface area contributed by atoms with Crippen LogP contribution in [-0.2, 0) is 20.5 Å². The lowest BCUT2D eigenvalue weighted by molar-refractivity contribution is -0.154. The molecule has 0 aliphatic rings. The van der Waals surface area contributed by atoms with E-state index >= 15 is 0 Å². The first-order chi connectivity index (χ1) is 9.86. The van der Waals surface area contributed by atoms with Gasteiger partial charge in [0.25, 0.3) is 0 Å². The summed E-state index contributed by atoms with van der Waals surface area (Å²) in [6.07, 6.45) is -4.50. The van der Waals surface area contributed by atoms with Crippen LogP contribution in [0.25, 0.3) is 0 Å². The number of halogens is 3. The lowest BCUT2D eigenvalue weighted by Crippen LogP contribution is -2.32. The topological polar surface area (TPSA) is 55.4 Å². The van der Waals surface area contributed by atoms with Crippen LogP contribution in [0.3, 0.4) is 0 Å². The lowest BCUT2D eigenvalue weighted by Gasteiger charge is -2.08. The molecular weight excluding hydrogens is 287 g/mol. The molecule has 4 nitrogen and oxygen atoms in total. The van der Waals surface area contributed by atoms with Gasteiger partial charge in [-0.15, -0.1) is 0 Å². The summed E-state index contributed by atoms with van der Waals surface area (Å²) in [4.78, 5) is 22.1. The van der Waals surface area contributed by atoms with Gasteiger partial charge in [-0.05, 0) is 19.1 Å². The van der Waals surface area contributed by atoms with E-state index in [0.717, 1.165) is 6.07 Å². The molecule has 1 aromatic rings. The number of esters is 1. The molecule has 0 saturated heterocycles. The second-order valence-corrected chi connectivity index (χ2v) is 3.75. The Morgan fingerprint density at radius 1 is 1.29 bits per heavy atom. The number of carbonyl (C=O) groups excluding carboxylic acids is 2. The van der Waals surface area contributed by atoms with Gasteiger partial charge in [0, 0.05) is 5.56 Å².